The fourth-order valence-electron chi connectivity index (χ4n) is 2.93. The number of carbonyl (C=O) groups excluding carboxylic acids is 2. The van der Waals surface area contributed by atoms with Crippen molar-refractivity contribution < 1.29 is 14.3 Å². The first-order valence-corrected chi connectivity index (χ1v) is 8.94. The van der Waals surface area contributed by atoms with Gasteiger partial charge >= 0.3 is 0 Å². The summed E-state index contributed by atoms with van der Waals surface area (Å²) in [4.78, 5) is 31.8. The predicted molar refractivity (Wildman–Crippen MR) is 97.2 cm³/mol. The predicted octanol–water partition coefficient (Wildman–Crippen LogP) is 2.67. The first-order valence-electron chi connectivity index (χ1n) is 8.12. The number of anilines is 1. The Morgan fingerprint density at radius 3 is 2.84 bits per heavy atom. The van der Waals surface area contributed by atoms with E-state index in [0.29, 0.717) is 11.4 Å². The number of nitrogens with zero attached hydrogens (tertiary/aromatic N) is 2. The van der Waals surface area contributed by atoms with Crippen LogP contribution in [0.2, 0.25) is 0 Å². The Bertz CT molecular complexity index is 831. The van der Waals surface area contributed by atoms with Crippen LogP contribution in [-0.2, 0) is 9.59 Å². The number of ether oxygens (including phenoxy) is 1. The summed E-state index contributed by atoms with van der Waals surface area (Å²) in [5.74, 6) is 0.180. The summed E-state index contributed by atoms with van der Waals surface area (Å²) in [6.07, 6.45) is 0. The van der Waals surface area contributed by atoms with Crippen LogP contribution in [0.3, 0.4) is 0 Å². The average molecular weight is 359 g/mol. The molecule has 0 saturated heterocycles. The Labute approximate surface area is 150 Å². The van der Waals surface area contributed by atoms with Crippen LogP contribution in [0.5, 0.6) is 5.75 Å². The summed E-state index contributed by atoms with van der Waals surface area (Å²) in [6, 6.07) is 5.40. The van der Waals surface area contributed by atoms with Crippen molar-refractivity contribution in [2.75, 3.05) is 18.1 Å². The van der Waals surface area contributed by atoms with E-state index in [9.17, 15) is 9.59 Å². The summed E-state index contributed by atoms with van der Waals surface area (Å²) in [5.41, 5.74) is 2.52. The number of rotatable bonds is 4. The van der Waals surface area contributed by atoms with Crippen molar-refractivity contribution in [1.82, 2.24) is 10.3 Å². The molecule has 2 amide bonds. The quantitative estimate of drug-likeness (QED) is 0.911. The van der Waals surface area contributed by atoms with Gasteiger partial charge in [0.1, 0.15) is 12.3 Å². The highest BCUT2D eigenvalue weighted by molar-refractivity contribution is 7.11. The van der Waals surface area contributed by atoms with E-state index in [0.717, 1.165) is 21.1 Å². The fraction of sp³-hybridized carbons (Fsp3) is 0.389. The Morgan fingerprint density at radius 1 is 1.40 bits per heavy atom. The Morgan fingerprint density at radius 2 is 2.16 bits per heavy atom. The number of benzene rings is 1. The van der Waals surface area contributed by atoms with Gasteiger partial charge in [0.25, 0.3) is 5.91 Å². The molecule has 1 aliphatic heterocycles. The number of fused-ring (bicyclic) bond motifs is 1. The first kappa shape index (κ1) is 17.4. The van der Waals surface area contributed by atoms with Crippen LogP contribution in [0, 0.1) is 20.8 Å². The first-order chi connectivity index (χ1) is 11.8. The van der Waals surface area contributed by atoms with Crippen LogP contribution in [0.1, 0.15) is 34.1 Å². The van der Waals surface area contributed by atoms with Gasteiger partial charge in [0, 0.05) is 4.88 Å². The number of aromatic nitrogens is 1. The molecule has 25 heavy (non-hydrogen) atoms. The maximum Gasteiger partial charge on any atom is 0.265 e. The minimum absolute atomic E-state index is 0.0366. The van der Waals surface area contributed by atoms with E-state index in [-0.39, 0.29) is 31.0 Å². The summed E-state index contributed by atoms with van der Waals surface area (Å²) in [7, 11) is 0. The van der Waals surface area contributed by atoms with Gasteiger partial charge in [-0.15, -0.1) is 11.3 Å². The Hall–Kier alpha value is -2.41. The smallest absolute Gasteiger partial charge is 0.265 e. The molecule has 0 radical (unpaired) electrons. The zero-order valence-electron chi connectivity index (χ0n) is 14.8. The fourth-order valence-corrected chi connectivity index (χ4v) is 3.85. The van der Waals surface area contributed by atoms with Crippen molar-refractivity contribution in [3.8, 4) is 5.75 Å². The van der Waals surface area contributed by atoms with Crippen molar-refractivity contribution in [3.05, 3.63) is 39.3 Å². The van der Waals surface area contributed by atoms with Crippen molar-refractivity contribution in [2.24, 2.45) is 0 Å². The molecule has 0 bridgehead atoms. The maximum absolute atomic E-state index is 12.5. The summed E-state index contributed by atoms with van der Waals surface area (Å²) in [5, 5.41) is 3.91. The van der Waals surface area contributed by atoms with E-state index in [4.69, 9.17) is 4.74 Å². The molecular weight excluding hydrogens is 338 g/mol. The van der Waals surface area contributed by atoms with Gasteiger partial charge in [-0.25, -0.2) is 4.98 Å². The molecule has 132 valence electrons. The van der Waals surface area contributed by atoms with Crippen molar-refractivity contribution in [3.63, 3.8) is 0 Å². The van der Waals surface area contributed by atoms with Gasteiger partial charge in [0.2, 0.25) is 5.91 Å². The topological polar surface area (TPSA) is 71.5 Å². The van der Waals surface area contributed by atoms with Gasteiger partial charge in [-0.05, 0) is 45.4 Å². The van der Waals surface area contributed by atoms with Crippen LogP contribution < -0.4 is 15.0 Å². The maximum atomic E-state index is 12.5. The molecule has 2 heterocycles. The highest BCUT2D eigenvalue weighted by atomic mass is 32.1. The van der Waals surface area contributed by atoms with E-state index >= 15 is 0 Å². The average Bonchev–Trinajstić information content (AvgIpc) is 2.89. The zero-order chi connectivity index (χ0) is 18.1. The number of nitrogens with one attached hydrogen (secondary N) is 1. The standard InChI is InChI=1S/C18H21N3O3S/c1-10-5-6-15-14(7-10)21(17(23)9-24-15)8-16(22)19-11(2)18-12(3)25-13(4)20-18/h5-7,11H,8-9H2,1-4H3,(H,19,22). The van der Waals surface area contributed by atoms with Gasteiger partial charge in [0.15, 0.2) is 6.61 Å². The van der Waals surface area contributed by atoms with Gasteiger partial charge in [-0.1, -0.05) is 6.07 Å². The van der Waals surface area contributed by atoms with E-state index < -0.39 is 0 Å². The molecule has 1 unspecified atom stereocenters. The van der Waals surface area contributed by atoms with E-state index in [2.05, 4.69) is 10.3 Å². The normalized spacial score (nSPS) is 14.7. The van der Waals surface area contributed by atoms with Crippen LogP contribution in [-0.4, -0.2) is 29.9 Å². The second kappa shape index (κ2) is 6.84. The minimum Gasteiger partial charge on any atom is -0.482 e. The lowest BCUT2D eigenvalue weighted by Gasteiger charge is -2.29. The molecule has 1 aromatic heterocycles. The largest absolute Gasteiger partial charge is 0.482 e. The van der Waals surface area contributed by atoms with Crippen molar-refractivity contribution in [1.29, 1.82) is 0 Å². The lowest BCUT2D eigenvalue weighted by atomic mass is 10.1. The summed E-state index contributed by atoms with van der Waals surface area (Å²) >= 11 is 1.61. The van der Waals surface area contributed by atoms with Gasteiger partial charge in [-0.2, -0.15) is 0 Å². The van der Waals surface area contributed by atoms with E-state index in [1.165, 1.54) is 4.90 Å². The molecule has 0 saturated carbocycles. The molecule has 0 aliphatic carbocycles. The van der Waals surface area contributed by atoms with E-state index in [1.54, 1.807) is 11.3 Å². The molecule has 0 spiro atoms. The molecule has 0 fully saturated rings. The van der Waals surface area contributed by atoms with E-state index in [1.807, 2.05) is 45.9 Å². The lowest BCUT2D eigenvalue weighted by molar-refractivity contribution is -0.125. The Balaban J connectivity index is 1.74. The van der Waals surface area contributed by atoms with Crippen molar-refractivity contribution >= 4 is 28.8 Å². The molecular formula is C18H21N3O3S. The molecule has 2 aromatic rings. The number of carbonyl (C=O) groups is 2. The second-order valence-electron chi connectivity index (χ2n) is 6.20. The lowest BCUT2D eigenvalue weighted by Crippen LogP contribution is -2.45. The third-order valence-electron chi connectivity index (χ3n) is 4.09. The zero-order valence-corrected chi connectivity index (χ0v) is 15.6. The van der Waals surface area contributed by atoms with Crippen LogP contribution in [0.4, 0.5) is 5.69 Å². The molecule has 1 aromatic carbocycles. The van der Waals surface area contributed by atoms with Crippen LogP contribution in [0.15, 0.2) is 18.2 Å². The number of thiazole rings is 1. The van der Waals surface area contributed by atoms with Gasteiger partial charge < -0.3 is 10.1 Å². The molecule has 1 atom stereocenters. The second-order valence-corrected chi connectivity index (χ2v) is 7.61. The monoisotopic (exact) mass is 359 g/mol. The highest BCUT2D eigenvalue weighted by Crippen LogP contribution is 2.32. The molecule has 1 aliphatic rings. The van der Waals surface area contributed by atoms with Gasteiger partial charge in [-0.3, -0.25) is 14.5 Å². The Kier molecular flexibility index (Phi) is 4.76. The molecule has 1 N–H and O–H groups in total. The van der Waals surface area contributed by atoms with Crippen LogP contribution in [0.25, 0.3) is 0 Å². The van der Waals surface area contributed by atoms with Gasteiger partial charge in [0.05, 0.1) is 22.4 Å². The molecule has 7 heteroatoms. The number of hydrogen-bond acceptors (Lipinski definition) is 5. The SMILES string of the molecule is Cc1ccc2c(c1)N(CC(=O)NC(C)c1nc(C)sc1C)C(=O)CO2. The van der Waals surface area contributed by atoms with Crippen molar-refractivity contribution in [2.45, 2.75) is 33.7 Å². The third kappa shape index (κ3) is 3.66. The minimum atomic E-state index is -0.222. The number of aryl methyl sites for hydroxylation is 3. The molecule has 6 nitrogen and oxygen atoms in total. The summed E-state index contributed by atoms with van der Waals surface area (Å²) in [6.45, 7) is 7.69. The molecule has 3 rings (SSSR count). The third-order valence-corrected chi connectivity index (χ3v) is 4.99. The van der Waals surface area contributed by atoms with Crippen LogP contribution >= 0.6 is 11.3 Å². The summed E-state index contributed by atoms with van der Waals surface area (Å²) < 4.78 is 5.44. The number of amides is 2. The highest BCUT2D eigenvalue weighted by Gasteiger charge is 2.28. The number of hydrogen-bond donors (Lipinski definition) is 1.